The van der Waals surface area contributed by atoms with Crippen LogP contribution in [0.25, 0.3) is 0 Å². The second-order valence-corrected chi connectivity index (χ2v) is 7.46. The number of hydrogen-bond donors (Lipinski definition) is 2. The topological polar surface area (TPSA) is 54.9 Å². The number of rotatable bonds is 9. The maximum absolute atomic E-state index is 14.1. The maximum Gasteiger partial charge on any atom is 0.191 e. The zero-order chi connectivity index (χ0) is 19.1. The molecular weight excluding hydrogens is 369 g/mol. The van der Waals surface area contributed by atoms with Crippen LogP contribution in [0, 0.1) is 5.82 Å². The Hall–Kier alpha value is -1.37. The van der Waals surface area contributed by atoms with Gasteiger partial charge in [-0.15, -0.1) is 0 Å². The molecule has 1 aliphatic heterocycles. The molecule has 2 fully saturated rings. The third kappa shape index (κ3) is 6.06. The predicted octanol–water partition coefficient (Wildman–Crippen LogP) is 3.48. The molecule has 5 nitrogen and oxygen atoms in total. The molecule has 1 aliphatic carbocycles. The van der Waals surface area contributed by atoms with Gasteiger partial charge in [-0.25, -0.2) is 4.39 Å². The third-order valence-corrected chi connectivity index (χ3v) is 5.20. The lowest BCUT2D eigenvalue weighted by atomic mass is 10.1. The first-order chi connectivity index (χ1) is 13.2. The number of halogens is 2. The number of nitrogens with zero attached hydrogens (tertiary/aromatic N) is 1. The van der Waals surface area contributed by atoms with Crippen LogP contribution in [0.3, 0.4) is 0 Å². The van der Waals surface area contributed by atoms with Gasteiger partial charge in [-0.3, -0.25) is 4.99 Å². The summed E-state index contributed by atoms with van der Waals surface area (Å²) in [4.78, 5) is 4.59. The van der Waals surface area contributed by atoms with E-state index in [4.69, 9.17) is 21.1 Å². The standard InChI is InChI=1S/C20H29ClFN3O2/c1-2-23-20(24-9-5-10-26-13-14-6-4-11-27-14)25-18-12-15(18)19-16(21)7-3-8-17(19)22/h3,7-8,14-15,18H,2,4-6,9-13H2,1H3,(H2,23,24,25). The van der Waals surface area contributed by atoms with Crippen molar-refractivity contribution in [3.05, 3.63) is 34.6 Å². The molecule has 1 aromatic carbocycles. The van der Waals surface area contributed by atoms with Gasteiger partial charge in [0, 0.05) is 48.8 Å². The highest BCUT2D eigenvalue weighted by molar-refractivity contribution is 6.31. The summed E-state index contributed by atoms with van der Waals surface area (Å²) in [6.45, 7) is 5.70. The van der Waals surface area contributed by atoms with Gasteiger partial charge in [0.2, 0.25) is 0 Å². The first kappa shape index (κ1) is 20.4. The lowest BCUT2D eigenvalue weighted by Gasteiger charge is -2.12. The van der Waals surface area contributed by atoms with Crippen molar-refractivity contribution in [1.82, 2.24) is 10.6 Å². The van der Waals surface area contributed by atoms with E-state index in [0.717, 1.165) is 44.8 Å². The van der Waals surface area contributed by atoms with E-state index in [1.54, 1.807) is 12.1 Å². The summed E-state index contributed by atoms with van der Waals surface area (Å²) in [6.07, 6.45) is 4.22. The molecular formula is C20H29ClFN3O2. The zero-order valence-corrected chi connectivity index (χ0v) is 16.6. The Morgan fingerprint density at radius 3 is 3.07 bits per heavy atom. The van der Waals surface area contributed by atoms with E-state index in [9.17, 15) is 4.39 Å². The van der Waals surface area contributed by atoms with Crippen LogP contribution in [0.4, 0.5) is 4.39 Å². The molecule has 0 spiro atoms. The Bertz CT molecular complexity index is 617. The summed E-state index contributed by atoms with van der Waals surface area (Å²) >= 11 is 6.17. The van der Waals surface area contributed by atoms with Gasteiger partial charge in [0.1, 0.15) is 5.82 Å². The highest BCUT2D eigenvalue weighted by Crippen LogP contribution is 2.44. The summed E-state index contributed by atoms with van der Waals surface area (Å²) in [5, 5.41) is 7.12. The van der Waals surface area contributed by atoms with Gasteiger partial charge in [-0.2, -0.15) is 0 Å². The Morgan fingerprint density at radius 1 is 1.44 bits per heavy atom. The lowest BCUT2D eigenvalue weighted by molar-refractivity contribution is 0.0171. The van der Waals surface area contributed by atoms with Crippen molar-refractivity contribution in [3.63, 3.8) is 0 Å². The van der Waals surface area contributed by atoms with Crippen LogP contribution >= 0.6 is 11.6 Å². The molecule has 0 aromatic heterocycles. The summed E-state index contributed by atoms with van der Waals surface area (Å²) in [7, 11) is 0. The summed E-state index contributed by atoms with van der Waals surface area (Å²) in [5.41, 5.74) is 0.607. The van der Waals surface area contributed by atoms with Gasteiger partial charge >= 0.3 is 0 Å². The largest absolute Gasteiger partial charge is 0.379 e. The molecule has 1 heterocycles. The van der Waals surface area contributed by atoms with E-state index < -0.39 is 0 Å². The number of ether oxygens (including phenoxy) is 2. The van der Waals surface area contributed by atoms with Gasteiger partial charge in [0.25, 0.3) is 0 Å². The van der Waals surface area contributed by atoms with Gasteiger partial charge in [0.05, 0.1) is 12.7 Å². The molecule has 27 heavy (non-hydrogen) atoms. The van der Waals surface area contributed by atoms with Crippen molar-refractivity contribution < 1.29 is 13.9 Å². The van der Waals surface area contributed by atoms with Gasteiger partial charge in [0.15, 0.2) is 5.96 Å². The van der Waals surface area contributed by atoms with Gasteiger partial charge < -0.3 is 20.1 Å². The Kier molecular flexibility index (Phi) is 7.73. The maximum atomic E-state index is 14.1. The predicted molar refractivity (Wildman–Crippen MR) is 106 cm³/mol. The first-order valence-electron chi connectivity index (χ1n) is 9.87. The van der Waals surface area contributed by atoms with Crippen LogP contribution in [0.1, 0.15) is 44.1 Å². The Labute approximate surface area is 165 Å². The van der Waals surface area contributed by atoms with Crippen LogP contribution in [-0.2, 0) is 9.47 Å². The monoisotopic (exact) mass is 397 g/mol. The molecule has 0 radical (unpaired) electrons. The minimum Gasteiger partial charge on any atom is -0.379 e. The summed E-state index contributed by atoms with van der Waals surface area (Å²) in [6, 6.07) is 5.00. The highest BCUT2D eigenvalue weighted by Gasteiger charge is 2.41. The smallest absolute Gasteiger partial charge is 0.191 e. The second kappa shape index (κ2) is 10.2. The average Bonchev–Trinajstić information content (AvgIpc) is 3.17. The van der Waals surface area contributed by atoms with Crippen molar-refractivity contribution >= 4 is 17.6 Å². The molecule has 7 heteroatoms. The zero-order valence-electron chi connectivity index (χ0n) is 15.8. The van der Waals surface area contributed by atoms with Crippen molar-refractivity contribution in [3.8, 4) is 0 Å². The Balaban J connectivity index is 1.40. The number of nitrogens with one attached hydrogen (secondary N) is 2. The molecule has 3 atom stereocenters. The number of hydrogen-bond acceptors (Lipinski definition) is 3. The Morgan fingerprint density at radius 2 is 2.33 bits per heavy atom. The second-order valence-electron chi connectivity index (χ2n) is 7.05. The number of aliphatic imine (C=N–C) groups is 1. The highest BCUT2D eigenvalue weighted by atomic mass is 35.5. The van der Waals surface area contributed by atoms with Crippen LogP contribution in [-0.4, -0.2) is 51.0 Å². The first-order valence-corrected chi connectivity index (χ1v) is 10.2. The van der Waals surface area contributed by atoms with E-state index in [1.165, 1.54) is 6.07 Å². The summed E-state index contributed by atoms with van der Waals surface area (Å²) < 4.78 is 25.2. The van der Waals surface area contributed by atoms with Crippen LogP contribution in [0.2, 0.25) is 5.02 Å². The molecule has 1 saturated carbocycles. The minimum absolute atomic E-state index is 0.0947. The van der Waals surface area contributed by atoms with Crippen molar-refractivity contribution in [2.45, 2.75) is 50.7 Å². The third-order valence-electron chi connectivity index (χ3n) is 4.87. The molecule has 2 N–H and O–H groups in total. The van der Waals surface area contributed by atoms with E-state index in [2.05, 4.69) is 15.6 Å². The van der Waals surface area contributed by atoms with Crippen LogP contribution < -0.4 is 10.6 Å². The lowest BCUT2D eigenvalue weighted by Crippen LogP contribution is -2.39. The normalized spacial score (nSPS) is 24.9. The molecule has 0 bridgehead atoms. The van der Waals surface area contributed by atoms with Crippen molar-refractivity contribution in [1.29, 1.82) is 0 Å². The van der Waals surface area contributed by atoms with Crippen molar-refractivity contribution in [2.75, 3.05) is 32.9 Å². The molecule has 3 rings (SSSR count). The van der Waals surface area contributed by atoms with Gasteiger partial charge in [-0.1, -0.05) is 17.7 Å². The van der Waals surface area contributed by atoms with Crippen molar-refractivity contribution in [2.24, 2.45) is 4.99 Å². The molecule has 3 unspecified atom stereocenters. The van der Waals surface area contributed by atoms with Crippen LogP contribution in [0.5, 0.6) is 0 Å². The fourth-order valence-electron chi connectivity index (χ4n) is 3.38. The van der Waals surface area contributed by atoms with Crippen LogP contribution in [0.15, 0.2) is 23.2 Å². The van der Waals surface area contributed by atoms with E-state index in [0.29, 0.717) is 30.3 Å². The molecule has 2 aliphatic rings. The SMILES string of the molecule is CCNC(=NCCCOCC1CCCO1)NC1CC1c1c(F)cccc1Cl. The molecule has 1 aromatic rings. The fourth-order valence-corrected chi connectivity index (χ4v) is 3.69. The molecule has 1 saturated heterocycles. The fraction of sp³-hybridized carbons (Fsp3) is 0.650. The average molecular weight is 398 g/mol. The number of guanidine groups is 1. The quantitative estimate of drug-likeness (QED) is 0.380. The van der Waals surface area contributed by atoms with Gasteiger partial charge in [-0.05, 0) is 44.7 Å². The minimum atomic E-state index is -0.234. The summed E-state index contributed by atoms with van der Waals surface area (Å²) in [5.74, 6) is 0.621. The van der Waals surface area contributed by atoms with E-state index in [1.807, 2.05) is 6.92 Å². The molecule has 150 valence electrons. The van der Waals surface area contributed by atoms with E-state index in [-0.39, 0.29) is 23.9 Å². The molecule has 0 amide bonds. The number of benzene rings is 1. The van der Waals surface area contributed by atoms with E-state index >= 15 is 0 Å².